The summed E-state index contributed by atoms with van der Waals surface area (Å²) in [6.07, 6.45) is 3.14. The standard InChI is InChI=1S/C17H21N3O2/c1-12-4-5-13(2)16(8-12)22-14(3)17(21)19-6-7-20-11-18-9-15(20)10-19/h4-5,8-9,11,14H,6-7,10H2,1-3H3/t14-/m1/s1. The van der Waals surface area contributed by atoms with Gasteiger partial charge in [-0.3, -0.25) is 4.79 Å². The molecule has 22 heavy (non-hydrogen) atoms. The number of amides is 1. The Labute approximate surface area is 130 Å². The van der Waals surface area contributed by atoms with Crippen LogP contribution in [0.15, 0.2) is 30.7 Å². The zero-order valence-corrected chi connectivity index (χ0v) is 13.2. The Bertz CT molecular complexity index is 693. The maximum atomic E-state index is 12.6. The normalized spacial score (nSPS) is 15.3. The Balaban J connectivity index is 1.69. The van der Waals surface area contributed by atoms with Crippen LogP contribution in [0.25, 0.3) is 0 Å². The van der Waals surface area contributed by atoms with E-state index in [1.54, 1.807) is 0 Å². The van der Waals surface area contributed by atoms with E-state index in [1.165, 1.54) is 0 Å². The van der Waals surface area contributed by atoms with Crippen LogP contribution >= 0.6 is 0 Å². The molecule has 0 spiro atoms. The van der Waals surface area contributed by atoms with Crippen LogP contribution in [0.5, 0.6) is 5.75 Å². The Hall–Kier alpha value is -2.30. The fraction of sp³-hybridized carbons (Fsp3) is 0.412. The van der Waals surface area contributed by atoms with Gasteiger partial charge in [0.1, 0.15) is 5.75 Å². The molecule has 0 fully saturated rings. The molecule has 1 amide bonds. The Kier molecular flexibility index (Phi) is 3.88. The minimum absolute atomic E-state index is 0.0216. The number of aromatic nitrogens is 2. The third kappa shape index (κ3) is 2.84. The zero-order chi connectivity index (χ0) is 15.7. The molecular formula is C17H21N3O2. The molecule has 0 bridgehead atoms. The Morgan fingerprint density at radius 1 is 1.32 bits per heavy atom. The van der Waals surface area contributed by atoms with Gasteiger partial charge in [-0.05, 0) is 38.0 Å². The van der Waals surface area contributed by atoms with Crippen molar-refractivity contribution in [2.45, 2.75) is 40.0 Å². The smallest absolute Gasteiger partial charge is 0.263 e. The highest BCUT2D eigenvalue weighted by Crippen LogP contribution is 2.21. The second-order valence-corrected chi connectivity index (χ2v) is 5.87. The van der Waals surface area contributed by atoms with Crippen LogP contribution in [-0.4, -0.2) is 33.0 Å². The van der Waals surface area contributed by atoms with E-state index in [-0.39, 0.29) is 5.91 Å². The molecule has 2 heterocycles. The maximum Gasteiger partial charge on any atom is 0.263 e. The predicted molar refractivity (Wildman–Crippen MR) is 83.7 cm³/mol. The number of nitrogens with zero attached hydrogens (tertiary/aromatic N) is 3. The predicted octanol–water partition coefficient (Wildman–Crippen LogP) is 2.31. The number of carbonyl (C=O) groups excluding carboxylic acids is 1. The summed E-state index contributed by atoms with van der Waals surface area (Å²) in [5.41, 5.74) is 3.24. The van der Waals surface area contributed by atoms with Crippen molar-refractivity contribution in [3.8, 4) is 5.75 Å². The monoisotopic (exact) mass is 299 g/mol. The molecule has 1 atom stereocenters. The van der Waals surface area contributed by atoms with E-state index in [1.807, 2.05) is 56.4 Å². The van der Waals surface area contributed by atoms with Crippen LogP contribution in [0.4, 0.5) is 0 Å². The second-order valence-electron chi connectivity index (χ2n) is 5.87. The van der Waals surface area contributed by atoms with Crippen LogP contribution in [0.1, 0.15) is 23.7 Å². The second kappa shape index (κ2) is 5.83. The Morgan fingerprint density at radius 2 is 2.14 bits per heavy atom. The highest BCUT2D eigenvalue weighted by atomic mass is 16.5. The summed E-state index contributed by atoms with van der Waals surface area (Å²) in [5, 5.41) is 0. The Morgan fingerprint density at radius 3 is 2.95 bits per heavy atom. The molecule has 0 saturated carbocycles. The van der Waals surface area contributed by atoms with E-state index in [4.69, 9.17) is 4.74 Å². The molecule has 1 aliphatic rings. The first-order valence-corrected chi connectivity index (χ1v) is 7.56. The molecule has 0 radical (unpaired) electrons. The van der Waals surface area contributed by atoms with E-state index in [2.05, 4.69) is 9.55 Å². The summed E-state index contributed by atoms with van der Waals surface area (Å²) < 4.78 is 7.98. The number of aryl methyl sites for hydroxylation is 2. The lowest BCUT2D eigenvalue weighted by Crippen LogP contribution is -2.44. The molecule has 1 aromatic carbocycles. The van der Waals surface area contributed by atoms with Crippen molar-refractivity contribution in [3.63, 3.8) is 0 Å². The molecule has 1 aromatic heterocycles. The average molecular weight is 299 g/mol. The van der Waals surface area contributed by atoms with Crippen LogP contribution in [0.2, 0.25) is 0 Å². The molecule has 2 aromatic rings. The highest BCUT2D eigenvalue weighted by molar-refractivity contribution is 5.81. The summed E-state index contributed by atoms with van der Waals surface area (Å²) in [5.74, 6) is 0.802. The van der Waals surface area contributed by atoms with Crippen LogP contribution < -0.4 is 4.74 Å². The van der Waals surface area contributed by atoms with Gasteiger partial charge in [-0.25, -0.2) is 4.98 Å². The molecule has 5 nitrogen and oxygen atoms in total. The molecule has 0 N–H and O–H groups in total. The van der Waals surface area contributed by atoms with Gasteiger partial charge in [-0.2, -0.15) is 0 Å². The van der Waals surface area contributed by atoms with Crippen molar-refractivity contribution in [1.82, 2.24) is 14.5 Å². The number of hydrogen-bond acceptors (Lipinski definition) is 3. The van der Waals surface area contributed by atoms with Gasteiger partial charge >= 0.3 is 0 Å². The lowest BCUT2D eigenvalue weighted by molar-refractivity contribution is -0.139. The summed E-state index contributed by atoms with van der Waals surface area (Å²) in [4.78, 5) is 18.6. The maximum absolute atomic E-state index is 12.6. The van der Waals surface area contributed by atoms with Crippen molar-refractivity contribution in [3.05, 3.63) is 47.5 Å². The molecule has 0 unspecified atom stereocenters. The molecule has 3 rings (SSSR count). The van der Waals surface area contributed by atoms with E-state index in [0.29, 0.717) is 13.1 Å². The first kappa shape index (κ1) is 14.6. The molecule has 0 aliphatic carbocycles. The topological polar surface area (TPSA) is 47.4 Å². The lowest BCUT2D eigenvalue weighted by atomic mass is 10.1. The van der Waals surface area contributed by atoms with Gasteiger partial charge in [0.2, 0.25) is 0 Å². The number of rotatable bonds is 3. The molecular weight excluding hydrogens is 278 g/mol. The fourth-order valence-corrected chi connectivity index (χ4v) is 2.70. The van der Waals surface area contributed by atoms with Crippen LogP contribution in [0.3, 0.4) is 0 Å². The van der Waals surface area contributed by atoms with Gasteiger partial charge in [-0.1, -0.05) is 12.1 Å². The van der Waals surface area contributed by atoms with Gasteiger partial charge in [0.15, 0.2) is 6.10 Å². The van der Waals surface area contributed by atoms with Crippen molar-refractivity contribution in [2.24, 2.45) is 0 Å². The van der Waals surface area contributed by atoms with Crippen molar-refractivity contribution < 1.29 is 9.53 Å². The van der Waals surface area contributed by atoms with Gasteiger partial charge in [0, 0.05) is 19.3 Å². The first-order valence-electron chi connectivity index (χ1n) is 7.56. The average Bonchev–Trinajstić information content (AvgIpc) is 2.97. The largest absolute Gasteiger partial charge is 0.481 e. The van der Waals surface area contributed by atoms with E-state index < -0.39 is 6.10 Å². The molecule has 5 heteroatoms. The number of benzene rings is 1. The summed E-state index contributed by atoms with van der Waals surface area (Å²) in [6.45, 7) is 7.91. The minimum atomic E-state index is -0.491. The van der Waals surface area contributed by atoms with E-state index >= 15 is 0 Å². The fourth-order valence-electron chi connectivity index (χ4n) is 2.70. The summed E-state index contributed by atoms with van der Waals surface area (Å²) in [6, 6.07) is 6.03. The van der Waals surface area contributed by atoms with Gasteiger partial charge in [0.25, 0.3) is 5.91 Å². The third-order valence-corrected chi connectivity index (χ3v) is 4.07. The minimum Gasteiger partial charge on any atom is -0.481 e. The van der Waals surface area contributed by atoms with Crippen molar-refractivity contribution in [2.75, 3.05) is 6.54 Å². The van der Waals surface area contributed by atoms with Gasteiger partial charge in [-0.15, -0.1) is 0 Å². The van der Waals surface area contributed by atoms with Crippen LogP contribution in [-0.2, 0) is 17.9 Å². The van der Waals surface area contributed by atoms with E-state index in [0.717, 1.165) is 29.1 Å². The number of hydrogen-bond donors (Lipinski definition) is 0. The first-order chi connectivity index (χ1) is 10.5. The molecule has 1 aliphatic heterocycles. The van der Waals surface area contributed by atoms with Crippen molar-refractivity contribution in [1.29, 1.82) is 0 Å². The quantitative estimate of drug-likeness (QED) is 0.874. The van der Waals surface area contributed by atoms with E-state index in [9.17, 15) is 4.79 Å². The third-order valence-electron chi connectivity index (χ3n) is 4.07. The number of carbonyl (C=O) groups is 1. The zero-order valence-electron chi connectivity index (χ0n) is 13.2. The highest BCUT2D eigenvalue weighted by Gasteiger charge is 2.26. The number of fused-ring (bicyclic) bond motifs is 1. The van der Waals surface area contributed by atoms with Gasteiger partial charge in [0.05, 0.1) is 18.6 Å². The lowest BCUT2D eigenvalue weighted by Gasteiger charge is -2.30. The number of ether oxygens (including phenoxy) is 1. The van der Waals surface area contributed by atoms with Crippen LogP contribution in [0, 0.1) is 13.8 Å². The molecule has 0 saturated heterocycles. The van der Waals surface area contributed by atoms with Gasteiger partial charge < -0.3 is 14.2 Å². The summed E-state index contributed by atoms with van der Waals surface area (Å²) >= 11 is 0. The number of imidazole rings is 1. The van der Waals surface area contributed by atoms with Crippen molar-refractivity contribution >= 4 is 5.91 Å². The summed E-state index contributed by atoms with van der Waals surface area (Å²) in [7, 11) is 0. The SMILES string of the molecule is Cc1ccc(C)c(O[C@H](C)C(=O)N2CCn3cncc3C2)c1. The molecule has 116 valence electrons.